The number of halogens is 1. The molecule has 100 valence electrons. The van der Waals surface area contributed by atoms with Crippen molar-refractivity contribution >= 4 is 15.9 Å². The first-order valence-electron chi connectivity index (χ1n) is 7.01. The molecule has 0 saturated heterocycles. The van der Waals surface area contributed by atoms with E-state index in [1.54, 1.807) is 0 Å². The van der Waals surface area contributed by atoms with Crippen LogP contribution in [0.25, 0.3) is 0 Å². The van der Waals surface area contributed by atoms with E-state index in [0.717, 1.165) is 11.8 Å². The number of hydrogen-bond acceptors (Lipinski definition) is 1. The predicted octanol–water partition coefficient (Wildman–Crippen LogP) is 4.83. The van der Waals surface area contributed by atoms with Crippen LogP contribution in [-0.2, 0) is 0 Å². The zero-order valence-corrected chi connectivity index (χ0v) is 13.2. The van der Waals surface area contributed by atoms with Crippen molar-refractivity contribution in [2.24, 2.45) is 23.5 Å². The van der Waals surface area contributed by atoms with Crippen molar-refractivity contribution in [3.8, 4) is 0 Å². The summed E-state index contributed by atoms with van der Waals surface area (Å²) in [6.45, 7) is 6.90. The molecule has 2 rings (SSSR count). The fourth-order valence-corrected chi connectivity index (χ4v) is 3.54. The standard InChI is InChI=1S/C16H24BrN/c1-10-7-8-13(9-11(10)2)16(18)14-5-4-6-15(17)12(14)3/h4-6,10-11,13,16H,7-9,18H2,1-3H3. The molecule has 1 aromatic carbocycles. The molecule has 1 aromatic rings. The molecule has 0 aromatic heterocycles. The van der Waals surface area contributed by atoms with Gasteiger partial charge in [0, 0.05) is 10.5 Å². The first-order valence-corrected chi connectivity index (χ1v) is 7.80. The smallest absolute Gasteiger partial charge is 0.0326 e. The summed E-state index contributed by atoms with van der Waals surface area (Å²) in [5.41, 5.74) is 9.14. The second-order valence-corrected chi connectivity index (χ2v) is 6.86. The van der Waals surface area contributed by atoms with Crippen LogP contribution in [0.2, 0.25) is 0 Å². The summed E-state index contributed by atoms with van der Waals surface area (Å²) in [4.78, 5) is 0. The minimum absolute atomic E-state index is 0.192. The van der Waals surface area contributed by atoms with Crippen molar-refractivity contribution in [2.45, 2.75) is 46.1 Å². The van der Waals surface area contributed by atoms with Gasteiger partial charge in [-0.25, -0.2) is 0 Å². The second kappa shape index (κ2) is 5.75. The van der Waals surface area contributed by atoms with E-state index in [4.69, 9.17) is 5.73 Å². The topological polar surface area (TPSA) is 26.0 Å². The van der Waals surface area contributed by atoms with Crippen LogP contribution in [0.5, 0.6) is 0 Å². The summed E-state index contributed by atoms with van der Waals surface area (Å²) in [7, 11) is 0. The number of nitrogens with two attached hydrogens (primary N) is 1. The lowest BCUT2D eigenvalue weighted by Gasteiger charge is -2.36. The van der Waals surface area contributed by atoms with Gasteiger partial charge in [0.25, 0.3) is 0 Å². The maximum absolute atomic E-state index is 6.53. The number of hydrogen-bond donors (Lipinski definition) is 1. The summed E-state index contributed by atoms with van der Waals surface area (Å²) in [5, 5.41) is 0. The van der Waals surface area contributed by atoms with Gasteiger partial charge < -0.3 is 5.73 Å². The number of rotatable bonds is 2. The molecular weight excluding hydrogens is 286 g/mol. The summed E-state index contributed by atoms with van der Waals surface area (Å²) < 4.78 is 1.17. The largest absolute Gasteiger partial charge is 0.324 e. The molecule has 0 spiro atoms. The summed E-state index contributed by atoms with van der Waals surface area (Å²) in [6.07, 6.45) is 3.87. The van der Waals surface area contributed by atoms with Crippen molar-refractivity contribution in [1.82, 2.24) is 0 Å². The molecule has 0 amide bonds. The van der Waals surface area contributed by atoms with E-state index < -0.39 is 0 Å². The highest BCUT2D eigenvalue weighted by molar-refractivity contribution is 9.10. The molecule has 2 N–H and O–H groups in total. The van der Waals surface area contributed by atoms with E-state index in [1.165, 1.54) is 34.9 Å². The normalized spacial score (nSPS) is 30.2. The van der Waals surface area contributed by atoms with E-state index in [9.17, 15) is 0 Å². The van der Waals surface area contributed by atoms with Gasteiger partial charge in [-0.2, -0.15) is 0 Å². The van der Waals surface area contributed by atoms with Crippen molar-refractivity contribution in [2.75, 3.05) is 0 Å². The Morgan fingerprint density at radius 3 is 2.61 bits per heavy atom. The molecule has 4 unspecified atom stereocenters. The molecule has 4 atom stereocenters. The van der Waals surface area contributed by atoms with Gasteiger partial charge >= 0.3 is 0 Å². The molecule has 2 heteroatoms. The Hall–Kier alpha value is -0.340. The van der Waals surface area contributed by atoms with Gasteiger partial charge in [0.15, 0.2) is 0 Å². The Morgan fingerprint density at radius 1 is 1.22 bits per heavy atom. The van der Waals surface area contributed by atoms with Gasteiger partial charge in [0.2, 0.25) is 0 Å². The lowest BCUT2D eigenvalue weighted by atomic mass is 9.72. The summed E-state index contributed by atoms with van der Waals surface area (Å²) >= 11 is 3.60. The minimum Gasteiger partial charge on any atom is -0.324 e. The number of benzene rings is 1. The van der Waals surface area contributed by atoms with Crippen LogP contribution in [0, 0.1) is 24.7 Å². The monoisotopic (exact) mass is 309 g/mol. The van der Waals surface area contributed by atoms with Crippen LogP contribution in [0.4, 0.5) is 0 Å². The molecule has 1 fully saturated rings. The lowest BCUT2D eigenvalue weighted by Crippen LogP contribution is -2.29. The van der Waals surface area contributed by atoms with Crippen molar-refractivity contribution in [3.05, 3.63) is 33.8 Å². The maximum Gasteiger partial charge on any atom is 0.0326 e. The Labute approximate surface area is 119 Å². The Balaban J connectivity index is 2.16. The van der Waals surface area contributed by atoms with E-state index >= 15 is 0 Å². The quantitative estimate of drug-likeness (QED) is 0.832. The van der Waals surface area contributed by atoms with Crippen LogP contribution in [0.15, 0.2) is 22.7 Å². The third kappa shape index (κ3) is 2.80. The van der Waals surface area contributed by atoms with Gasteiger partial charge in [-0.1, -0.05) is 48.3 Å². The fraction of sp³-hybridized carbons (Fsp3) is 0.625. The van der Waals surface area contributed by atoms with Crippen LogP contribution >= 0.6 is 15.9 Å². The molecule has 18 heavy (non-hydrogen) atoms. The first-order chi connectivity index (χ1) is 8.50. The maximum atomic E-state index is 6.53. The SMILES string of the molecule is Cc1c(Br)cccc1C(N)C1CCC(C)C(C)C1. The zero-order chi connectivity index (χ0) is 13.3. The van der Waals surface area contributed by atoms with E-state index in [-0.39, 0.29) is 6.04 Å². The Morgan fingerprint density at radius 2 is 1.94 bits per heavy atom. The highest BCUT2D eigenvalue weighted by atomic mass is 79.9. The molecule has 0 aliphatic heterocycles. The van der Waals surface area contributed by atoms with Gasteiger partial charge in [0.05, 0.1) is 0 Å². The third-order valence-corrected chi connectivity index (χ3v) is 5.67. The van der Waals surface area contributed by atoms with Crippen LogP contribution in [-0.4, -0.2) is 0 Å². The van der Waals surface area contributed by atoms with Crippen molar-refractivity contribution in [3.63, 3.8) is 0 Å². The molecule has 1 saturated carbocycles. The molecular formula is C16H24BrN. The zero-order valence-electron chi connectivity index (χ0n) is 11.6. The third-order valence-electron chi connectivity index (χ3n) is 4.82. The van der Waals surface area contributed by atoms with Gasteiger partial charge in [0.1, 0.15) is 0 Å². The second-order valence-electron chi connectivity index (χ2n) is 6.01. The minimum atomic E-state index is 0.192. The predicted molar refractivity (Wildman–Crippen MR) is 81.5 cm³/mol. The van der Waals surface area contributed by atoms with Crippen LogP contribution < -0.4 is 5.73 Å². The molecule has 1 aliphatic rings. The molecule has 0 heterocycles. The molecule has 1 nitrogen and oxygen atoms in total. The van der Waals surface area contributed by atoms with E-state index in [1.807, 2.05) is 0 Å². The fourth-order valence-electron chi connectivity index (χ4n) is 3.15. The van der Waals surface area contributed by atoms with E-state index in [2.05, 4.69) is 54.9 Å². The highest BCUT2D eigenvalue weighted by Gasteiger charge is 2.29. The van der Waals surface area contributed by atoms with Crippen molar-refractivity contribution in [1.29, 1.82) is 0 Å². The molecule has 0 bridgehead atoms. The molecule has 0 radical (unpaired) electrons. The summed E-state index contributed by atoms with van der Waals surface area (Å²) in [5.74, 6) is 2.31. The summed E-state index contributed by atoms with van der Waals surface area (Å²) in [6, 6.07) is 6.57. The van der Waals surface area contributed by atoms with Gasteiger partial charge in [-0.15, -0.1) is 0 Å². The van der Waals surface area contributed by atoms with Gasteiger partial charge in [-0.05, 0) is 54.7 Å². The Kier molecular flexibility index (Phi) is 4.50. The Bertz CT molecular complexity index is 416. The van der Waals surface area contributed by atoms with E-state index in [0.29, 0.717) is 5.92 Å². The highest BCUT2D eigenvalue weighted by Crippen LogP contribution is 2.40. The molecule has 1 aliphatic carbocycles. The first kappa shape index (κ1) is 14.1. The average molecular weight is 310 g/mol. The van der Waals surface area contributed by atoms with Crippen molar-refractivity contribution < 1.29 is 0 Å². The average Bonchev–Trinajstić information content (AvgIpc) is 2.35. The lowest BCUT2D eigenvalue weighted by molar-refractivity contribution is 0.186. The van der Waals surface area contributed by atoms with Crippen LogP contribution in [0.1, 0.15) is 50.3 Å². The van der Waals surface area contributed by atoms with Gasteiger partial charge in [-0.3, -0.25) is 0 Å². The van der Waals surface area contributed by atoms with Crippen LogP contribution in [0.3, 0.4) is 0 Å².